The van der Waals surface area contributed by atoms with Crippen LogP contribution in [0.15, 0.2) is 255 Å². The molecule has 2 aromatic heterocycles. The van der Waals surface area contributed by atoms with Gasteiger partial charge < -0.3 is 0 Å². The van der Waals surface area contributed by atoms with Gasteiger partial charge in [0.1, 0.15) is 0 Å². The van der Waals surface area contributed by atoms with Crippen LogP contribution >= 0.6 is 0 Å². The van der Waals surface area contributed by atoms with Crippen LogP contribution in [0.1, 0.15) is 0 Å². The molecule has 2 aliphatic rings. The van der Waals surface area contributed by atoms with Gasteiger partial charge >= 0.3 is 0 Å². The summed E-state index contributed by atoms with van der Waals surface area (Å²) in [6.45, 7) is 0. The highest BCUT2D eigenvalue weighted by molar-refractivity contribution is 6.20. The SMILES string of the molecule is c1ccc(-c2nc(-c3ccc4ccccc4c3)nc(-c3ccc4c5c(cccc35)-c3ccc(-c5ccc6ccc(-c7nc(-c8ccc9ccccc9c8)nc(-c8ccc9c%10c(cccc8%10)-c8ccccc8-9)n7)cc6c5)cc3-4)n2)cc1. The minimum atomic E-state index is 0.623. The van der Waals surface area contributed by atoms with Crippen molar-refractivity contribution in [1.82, 2.24) is 29.9 Å². The highest BCUT2D eigenvalue weighted by Gasteiger charge is 2.27. The number of fused-ring (bicyclic) bond motifs is 9. The standard InChI is InChI=1S/C74H42N6/c1-2-14-46(15-3-1)69-75-70(51-29-25-43-12-4-6-16-47(43)38-51)78-73(77-69)65-37-35-63-66-42-50(32-33-57(66)59-21-11-23-61(65)68(59)63)49-28-24-45-27-31-53(41-54(45)40-49)72-76-71(52-30-26-44-13-5-7-17-48(44)39-52)79-74(80-72)64-36-34-62-56-19-9-8-18-55(56)58-20-10-22-60(64)67(58)62/h1-42H. The Balaban J connectivity index is 0.761. The van der Waals surface area contributed by atoms with Gasteiger partial charge in [0.15, 0.2) is 34.9 Å². The van der Waals surface area contributed by atoms with Crippen LogP contribution in [0.2, 0.25) is 0 Å². The third kappa shape index (κ3) is 6.99. The molecule has 0 bridgehead atoms. The average Bonchev–Trinajstić information content (AvgIpc) is 4.25. The summed E-state index contributed by atoms with van der Waals surface area (Å²) in [5.74, 6) is 3.82. The molecule has 0 aliphatic heterocycles. The molecular formula is C74H42N6. The molecule has 80 heavy (non-hydrogen) atoms. The Morgan fingerprint density at radius 1 is 0.163 bits per heavy atom. The molecule has 0 saturated heterocycles. The first-order valence-corrected chi connectivity index (χ1v) is 27.1. The van der Waals surface area contributed by atoms with E-state index in [-0.39, 0.29) is 0 Å². The maximum absolute atomic E-state index is 5.34. The molecule has 0 atom stereocenters. The predicted octanol–water partition coefficient (Wildman–Crippen LogP) is 18.8. The fourth-order valence-electron chi connectivity index (χ4n) is 12.6. The van der Waals surface area contributed by atoms with E-state index in [0.29, 0.717) is 34.9 Å². The molecule has 2 heterocycles. The summed E-state index contributed by atoms with van der Waals surface area (Å²) in [5, 5.41) is 11.5. The van der Waals surface area contributed by atoms with Gasteiger partial charge in [-0.05, 0) is 152 Å². The Labute approximate surface area is 460 Å². The van der Waals surface area contributed by atoms with E-state index in [9.17, 15) is 0 Å². The summed E-state index contributed by atoms with van der Waals surface area (Å²) < 4.78 is 0. The van der Waals surface area contributed by atoms with Crippen LogP contribution in [-0.4, -0.2) is 29.9 Å². The first kappa shape index (κ1) is 44.3. The summed E-state index contributed by atoms with van der Waals surface area (Å²) >= 11 is 0. The van der Waals surface area contributed by atoms with Crippen LogP contribution in [0.4, 0.5) is 0 Å². The summed E-state index contributed by atoms with van der Waals surface area (Å²) in [6, 6.07) is 90.8. The van der Waals surface area contributed by atoms with Crippen molar-refractivity contribution in [1.29, 1.82) is 0 Å². The molecule has 2 aliphatic carbocycles. The zero-order valence-corrected chi connectivity index (χ0v) is 42.9. The minimum absolute atomic E-state index is 0.623. The maximum atomic E-state index is 5.34. The Hall–Kier alpha value is -10.8. The Morgan fingerprint density at radius 2 is 0.500 bits per heavy atom. The van der Waals surface area contributed by atoms with Gasteiger partial charge in [0.05, 0.1) is 0 Å². The monoisotopic (exact) mass is 1010 g/mol. The fraction of sp³-hybridized carbons (Fsp3) is 0. The highest BCUT2D eigenvalue weighted by atomic mass is 15.0. The van der Waals surface area contributed by atoms with Gasteiger partial charge in [-0.25, -0.2) is 29.9 Å². The van der Waals surface area contributed by atoms with Crippen LogP contribution in [0.5, 0.6) is 0 Å². The normalized spacial score (nSPS) is 12.0. The van der Waals surface area contributed by atoms with Crippen molar-refractivity contribution in [3.8, 4) is 124 Å². The van der Waals surface area contributed by atoms with Crippen molar-refractivity contribution < 1.29 is 0 Å². The summed E-state index contributed by atoms with van der Waals surface area (Å²) in [6.07, 6.45) is 0. The quantitative estimate of drug-likeness (QED) is 0.158. The van der Waals surface area contributed by atoms with E-state index in [1.54, 1.807) is 0 Å². The second kappa shape index (κ2) is 17.3. The number of hydrogen-bond acceptors (Lipinski definition) is 6. The van der Waals surface area contributed by atoms with E-state index < -0.39 is 0 Å². The van der Waals surface area contributed by atoms with Crippen LogP contribution in [0.3, 0.4) is 0 Å². The fourth-order valence-corrected chi connectivity index (χ4v) is 12.6. The number of rotatable bonds is 7. The maximum Gasteiger partial charge on any atom is 0.164 e. The molecule has 13 aromatic carbocycles. The molecule has 0 fully saturated rings. The van der Waals surface area contributed by atoms with Crippen molar-refractivity contribution in [2.75, 3.05) is 0 Å². The topological polar surface area (TPSA) is 77.3 Å². The Morgan fingerprint density at radius 3 is 1.05 bits per heavy atom. The smallest absolute Gasteiger partial charge is 0.164 e. The molecule has 0 N–H and O–H groups in total. The second-order valence-corrected chi connectivity index (χ2v) is 21.0. The lowest BCUT2D eigenvalue weighted by Crippen LogP contribution is -2.01. The first-order valence-electron chi connectivity index (χ1n) is 27.1. The molecule has 0 unspecified atom stereocenters. The molecule has 6 nitrogen and oxygen atoms in total. The van der Waals surface area contributed by atoms with E-state index in [1.165, 1.54) is 66.1 Å². The third-order valence-electron chi connectivity index (χ3n) is 16.4. The largest absolute Gasteiger partial charge is 0.208 e. The summed E-state index contributed by atoms with van der Waals surface area (Å²) in [7, 11) is 0. The van der Waals surface area contributed by atoms with E-state index in [4.69, 9.17) is 29.9 Å². The number of nitrogens with zero attached hydrogens (tertiary/aromatic N) is 6. The molecule has 0 amide bonds. The zero-order chi connectivity index (χ0) is 52.4. The van der Waals surface area contributed by atoms with Crippen LogP contribution < -0.4 is 0 Å². The average molecular weight is 1020 g/mol. The van der Waals surface area contributed by atoms with Gasteiger partial charge in [-0.15, -0.1) is 0 Å². The molecule has 17 rings (SSSR count). The van der Waals surface area contributed by atoms with Crippen molar-refractivity contribution in [3.63, 3.8) is 0 Å². The van der Waals surface area contributed by atoms with Gasteiger partial charge in [0.25, 0.3) is 0 Å². The van der Waals surface area contributed by atoms with Gasteiger partial charge in [-0.1, -0.05) is 212 Å². The molecule has 0 saturated carbocycles. The lowest BCUT2D eigenvalue weighted by molar-refractivity contribution is 1.08. The minimum Gasteiger partial charge on any atom is -0.208 e. The molecule has 15 aromatic rings. The van der Waals surface area contributed by atoms with Crippen molar-refractivity contribution in [2.24, 2.45) is 0 Å². The number of benzene rings is 13. The predicted molar refractivity (Wildman–Crippen MR) is 328 cm³/mol. The molecule has 6 heteroatoms. The lowest BCUT2D eigenvalue weighted by Gasteiger charge is -2.13. The summed E-state index contributed by atoms with van der Waals surface area (Å²) in [5.41, 5.74) is 17.8. The number of hydrogen-bond donors (Lipinski definition) is 0. The van der Waals surface area contributed by atoms with Crippen molar-refractivity contribution in [2.45, 2.75) is 0 Å². The lowest BCUT2D eigenvalue weighted by atomic mass is 9.95. The van der Waals surface area contributed by atoms with Gasteiger partial charge in [-0.3, -0.25) is 0 Å². The molecule has 368 valence electrons. The van der Waals surface area contributed by atoms with Gasteiger partial charge in [0.2, 0.25) is 0 Å². The van der Waals surface area contributed by atoms with E-state index in [0.717, 1.165) is 76.8 Å². The Bertz CT molecular complexity index is 5110. The molecular weight excluding hydrogens is 973 g/mol. The first-order chi connectivity index (χ1) is 39.6. The number of aromatic nitrogens is 6. The van der Waals surface area contributed by atoms with Crippen molar-refractivity contribution in [3.05, 3.63) is 255 Å². The van der Waals surface area contributed by atoms with Crippen LogP contribution in [-0.2, 0) is 0 Å². The molecule has 0 radical (unpaired) electrons. The van der Waals surface area contributed by atoms with E-state index >= 15 is 0 Å². The molecule has 0 spiro atoms. The second-order valence-electron chi connectivity index (χ2n) is 21.0. The van der Waals surface area contributed by atoms with Crippen LogP contribution in [0, 0.1) is 0 Å². The highest BCUT2D eigenvalue weighted by Crippen LogP contribution is 2.52. The zero-order valence-electron chi connectivity index (χ0n) is 42.9. The van der Waals surface area contributed by atoms with Crippen LogP contribution in [0.25, 0.3) is 178 Å². The Kier molecular flexibility index (Phi) is 9.61. The van der Waals surface area contributed by atoms with Gasteiger partial charge in [0, 0.05) is 33.4 Å². The van der Waals surface area contributed by atoms with Gasteiger partial charge in [-0.2, -0.15) is 0 Å². The van der Waals surface area contributed by atoms with E-state index in [2.05, 4.69) is 237 Å². The third-order valence-corrected chi connectivity index (χ3v) is 16.4. The van der Waals surface area contributed by atoms with Crippen molar-refractivity contribution >= 4 is 53.9 Å². The summed E-state index contributed by atoms with van der Waals surface area (Å²) in [4.78, 5) is 31.4. The van der Waals surface area contributed by atoms with E-state index in [1.807, 2.05) is 18.2 Å².